The monoisotopic (exact) mass is 261 g/mol. The fourth-order valence-corrected chi connectivity index (χ4v) is 2.76. The largest absolute Gasteiger partial charge is 0.381 e. The summed E-state index contributed by atoms with van der Waals surface area (Å²) in [6.07, 6.45) is 4.74. The first-order chi connectivity index (χ1) is 9.33. The quantitative estimate of drug-likeness (QED) is 0.808. The fraction of sp³-hybridized carbons (Fsp3) is 0.647. The Morgan fingerprint density at radius 1 is 1.26 bits per heavy atom. The highest BCUT2D eigenvalue weighted by molar-refractivity contribution is 5.24. The van der Waals surface area contributed by atoms with Gasteiger partial charge < -0.3 is 10.1 Å². The highest BCUT2D eigenvalue weighted by atomic mass is 16.5. The van der Waals surface area contributed by atoms with Crippen LogP contribution in [0.25, 0.3) is 0 Å². The molecule has 1 aliphatic heterocycles. The molecular weight excluding hydrogens is 234 g/mol. The minimum absolute atomic E-state index is 0.494. The first-order valence-corrected chi connectivity index (χ1v) is 7.73. The van der Waals surface area contributed by atoms with Gasteiger partial charge in [0.05, 0.1) is 0 Å². The van der Waals surface area contributed by atoms with Gasteiger partial charge in [0.25, 0.3) is 0 Å². The zero-order valence-corrected chi connectivity index (χ0v) is 12.3. The first-order valence-electron chi connectivity index (χ1n) is 7.73. The molecule has 0 aromatic heterocycles. The lowest BCUT2D eigenvalue weighted by atomic mass is 10.0. The smallest absolute Gasteiger partial charge is 0.0495 e. The molecule has 0 bridgehead atoms. The van der Waals surface area contributed by atoms with Gasteiger partial charge in [-0.25, -0.2) is 0 Å². The van der Waals surface area contributed by atoms with Gasteiger partial charge in [-0.15, -0.1) is 0 Å². The van der Waals surface area contributed by atoms with Gasteiger partial charge in [-0.05, 0) is 49.3 Å². The third-order valence-electron chi connectivity index (χ3n) is 4.17. The van der Waals surface area contributed by atoms with Crippen molar-refractivity contribution in [3.05, 3.63) is 35.4 Å². The Balaban J connectivity index is 1.80. The number of aryl methyl sites for hydroxylation is 1. The van der Waals surface area contributed by atoms with Crippen LogP contribution in [0.3, 0.4) is 0 Å². The van der Waals surface area contributed by atoms with Gasteiger partial charge in [0.1, 0.15) is 0 Å². The first kappa shape index (κ1) is 14.5. The highest BCUT2D eigenvalue weighted by Gasteiger charge is 2.16. The van der Waals surface area contributed by atoms with Crippen LogP contribution in [0.5, 0.6) is 0 Å². The van der Waals surface area contributed by atoms with Crippen molar-refractivity contribution in [1.29, 1.82) is 0 Å². The second kappa shape index (κ2) is 7.66. The normalized spacial score (nSPS) is 20.6. The summed E-state index contributed by atoms with van der Waals surface area (Å²) in [6.45, 7) is 7.48. The average Bonchev–Trinajstić information content (AvgIpc) is 2.97. The SMILES string of the molecule is CCc1ccc(C(CC)NCCC2CCOC2)cc1. The lowest BCUT2D eigenvalue weighted by molar-refractivity contribution is 0.184. The molecule has 0 spiro atoms. The summed E-state index contributed by atoms with van der Waals surface area (Å²) in [5.41, 5.74) is 2.84. The molecule has 1 aromatic carbocycles. The predicted molar refractivity (Wildman–Crippen MR) is 80.4 cm³/mol. The lowest BCUT2D eigenvalue weighted by Crippen LogP contribution is -2.23. The maximum atomic E-state index is 5.42. The number of ether oxygens (including phenoxy) is 1. The maximum Gasteiger partial charge on any atom is 0.0495 e. The number of rotatable bonds is 7. The van der Waals surface area contributed by atoms with Crippen molar-refractivity contribution in [2.75, 3.05) is 19.8 Å². The number of benzene rings is 1. The van der Waals surface area contributed by atoms with E-state index >= 15 is 0 Å². The molecule has 2 nitrogen and oxygen atoms in total. The van der Waals surface area contributed by atoms with Gasteiger partial charge in [0, 0.05) is 19.3 Å². The summed E-state index contributed by atoms with van der Waals surface area (Å²) in [7, 11) is 0. The van der Waals surface area contributed by atoms with Crippen LogP contribution in [0.15, 0.2) is 24.3 Å². The molecule has 1 aliphatic rings. The van der Waals surface area contributed by atoms with Crippen LogP contribution in [0.4, 0.5) is 0 Å². The Bertz CT molecular complexity index is 354. The van der Waals surface area contributed by atoms with E-state index in [0.29, 0.717) is 6.04 Å². The molecule has 1 N–H and O–H groups in total. The van der Waals surface area contributed by atoms with E-state index in [9.17, 15) is 0 Å². The summed E-state index contributed by atoms with van der Waals surface area (Å²) >= 11 is 0. The van der Waals surface area contributed by atoms with Crippen molar-refractivity contribution in [1.82, 2.24) is 5.32 Å². The Morgan fingerprint density at radius 3 is 2.63 bits per heavy atom. The Morgan fingerprint density at radius 2 is 2.05 bits per heavy atom. The van der Waals surface area contributed by atoms with Gasteiger partial charge in [0.15, 0.2) is 0 Å². The standard InChI is InChI=1S/C17H27NO/c1-3-14-5-7-16(8-6-14)17(4-2)18-11-9-15-10-12-19-13-15/h5-8,15,17-18H,3-4,9-13H2,1-2H3. The Hall–Kier alpha value is -0.860. The molecule has 1 heterocycles. The van der Waals surface area contributed by atoms with Crippen LogP contribution < -0.4 is 5.32 Å². The maximum absolute atomic E-state index is 5.42. The second-order valence-electron chi connectivity index (χ2n) is 5.53. The zero-order valence-electron chi connectivity index (χ0n) is 12.3. The van der Waals surface area contributed by atoms with Crippen molar-refractivity contribution < 1.29 is 4.74 Å². The third-order valence-corrected chi connectivity index (χ3v) is 4.17. The van der Waals surface area contributed by atoms with Crippen LogP contribution in [0.2, 0.25) is 0 Å². The highest BCUT2D eigenvalue weighted by Crippen LogP contribution is 2.19. The molecule has 1 saturated heterocycles. The molecule has 2 heteroatoms. The third kappa shape index (κ3) is 4.32. The van der Waals surface area contributed by atoms with E-state index in [1.54, 1.807) is 0 Å². The van der Waals surface area contributed by atoms with Gasteiger partial charge >= 0.3 is 0 Å². The zero-order chi connectivity index (χ0) is 13.5. The van der Waals surface area contributed by atoms with Crippen molar-refractivity contribution in [2.24, 2.45) is 5.92 Å². The molecule has 0 saturated carbocycles. The Kier molecular flexibility index (Phi) is 5.87. The molecule has 0 aliphatic carbocycles. The number of nitrogens with one attached hydrogen (secondary N) is 1. The topological polar surface area (TPSA) is 21.3 Å². The number of hydrogen-bond donors (Lipinski definition) is 1. The van der Waals surface area contributed by atoms with Crippen molar-refractivity contribution >= 4 is 0 Å². The van der Waals surface area contributed by atoms with E-state index in [-0.39, 0.29) is 0 Å². The summed E-state index contributed by atoms with van der Waals surface area (Å²) in [4.78, 5) is 0. The van der Waals surface area contributed by atoms with Crippen molar-refractivity contribution in [3.8, 4) is 0 Å². The lowest BCUT2D eigenvalue weighted by Gasteiger charge is -2.19. The molecule has 0 amide bonds. The summed E-state index contributed by atoms with van der Waals surface area (Å²) in [5, 5.41) is 3.69. The molecule has 2 atom stereocenters. The molecule has 2 rings (SSSR count). The molecular formula is C17H27NO. The van der Waals surface area contributed by atoms with E-state index in [1.165, 1.54) is 24.0 Å². The predicted octanol–water partition coefficient (Wildman–Crippen LogP) is 3.72. The minimum atomic E-state index is 0.494. The second-order valence-corrected chi connectivity index (χ2v) is 5.53. The number of hydrogen-bond acceptors (Lipinski definition) is 2. The molecule has 1 aromatic rings. The van der Waals surface area contributed by atoms with Crippen LogP contribution in [-0.2, 0) is 11.2 Å². The van der Waals surface area contributed by atoms with E-state index in [0.717, 1.165) is 38.5 Å². The van der Waals surface area contributed by atoms with Crippen LogP contribution >= 0.6 is 0 Å². The molecule has 2 unspecified atom stereocenters. The fourth-order valence-electron chi connectivity index (χ4n) is 2.76. The van der Waals surface area contributed by atoms with Gasteiger partial charge in [-0.1, -0.05) is 38.1 Å². The van der Waals surface area contributed by atoms with Gasteiger partial charge in [0.2, 0.25) is 0 Å². The van der Waals surface area contributed by atoms with Gasteiger partial charge in [-0.3, -0.25) is 0 Å². The molecule has 19 heavy (non-hydrogen) atoms. The van der Waals surface area contributed by atoms with E-state index < -0.39 is 0 Å². The minimum Gasteiger partial charge on any atom is -0.381 e. The molecule has 106 valence electrons. The summed E-state index contributed by atoms with van der Waals surface area (Å²) in [6, 6.07) is 9.56. The van der Waals surface area contributed by atoms with E-state index in [1.807, 2.05) is 0 Å². The van der Waals surface area contributed by atoms with Crippen molar-refractivity contribution in [3.63, 3.8) is 0 Å². The van der Waals surface area contributed by atoms with Crippen molar-refractivity contribution in [2.45, 2.75) is 45.6 Å². The molecule has 1 fully saturated rings. The van der Waals surface area contributed by atoms with Gasteiger partial charge in [-0.2, -0.15) is 0 Å². The van der Waals surface area contributed by atoms with Crippen LogP contribution in [0.1, 0.15) is 50.3 Å². The van der Waals surface area contributed by atoms with E-state index in [2.05, 4.69) is 43.4 Å². The summed E-state index contributed by atoms with van der Waals surface area (Å²) in [5.74, 6) is 0.771. The van der Waals surface area contributed by atoms with Crippen LogP contribution in [0, 0.1) is 5.92 Å². The molecule has 0 radical (unpaired) electrons. The average molecular weight is 261 g/mol. The van der Waals surface area contributed by atoms with E-state index in [4.69, 9.17) is 4.74 Å². The Labute approximate surface area is 117 Å². The van der Waals surface area contributed by atoms with Crippen LogP contribution in [-0.4, -0.2) is 19.8 Å². The summed E-state index contributed by atoms with van der Waals surface area (Å²) < 4.78 is 5.42.